The van der Waals surface area contributed by atoms with E-state index in [4.69, 9.17) is 0 Å². The molecule has 2 aromatic rings. The van der Waals surface area contributed by atoms with E-state index in [1.807, 2.05) is 6.92 Å². The van der Waals surface area contributed by atoms with Gasteiger partial charge in [0.1, 0.15) is 16.9 Å². The minimum atomic E-state index is -0.138. The lowest BCUT2D eigenvalue weighted by molar-refractivity contribution is -0.113. The zero-order chi connectivity index (χ0) is 16.4. The lowest BCUT2D eigenvalue weighted by Gasteiger charge is -2.17. The van der Waals surface area contributed by atoms with Gasteiger partial charge >= 0.3 is 0 Å². The van der Waals surface area contributed by atoms with Crippen molar-refractivity contribution in [3.05, 3.63) is 21.8 Å². The highest BCUT2D eigenvalue weighted by molar-refractivity contribution is 7.99. The molecule has 3 rings (SSSR count). The summed E-state index contributed by atoms with van der Waals surface area (Å²) in [5.41, 5.74) is 1.77. The summed E-state index contributed by atoms with van der Waals surface area (Å²) < 4.78 is 0. The maximum absolute atomic E-state index is 12.1. The second kappa shape index (κ2) is 6.72. The van der Waals surface area contributed by atoms with Crippen molar-refractivity contribution in [2.75, 3.05) is 11.1 Å². The van der Waals surface area contributed by atoms with Crippen molar-refractivity contribution in [3.8, 4) is 6.07 Å². The topological polar surface area (TPSA) is 94.5 Å². The van der Waals surface area contributed by atoms with Gasteiger partial charge in [-0.05, 0) is 37.7 Å². The molecule has 1 aliphatic carbocycles. The predicted octanol–water partition coefficient (Wildman–Crippen LogP) is 2.90. The number of H-pyrrole nitrogens is 1. The van der Waals surface area contributed by atoms with Crippen molar-refractivity contribution in [1.82, 2.24) is 15.2 Å². The van der Waals surface area contributed by atoms with Crippen LogP contribution < -0.4 is 5.32 Å². The fraction of sp³-hybridized carbons (Fsp3) is 0.467. The van der Waals surface area contributed by atoms with Gasteiger partial charge in [0.15, 0.2) is 0 Å². The molecule has 1 aliphatic rings. The van der Waals surface area contributed by atoms with E-state index in [1.165, 1.54) is 16.6 Å². The Morgan fingerprint density at radius 2 is 2.43 bits per heavy atom. The van der Waals surface area contributed by atoms with E-state index in [0.717, 1.165) is 30.7 Å². The minimum Gasteiger partial charge on any atom is -0.316 e. The number of carbonyl (C=O) groups excluding carboxylic acids is 1. The molecule has 6 nitrogen and oxygen atoms in total. The summed E-state index contributed by atoms with van der Waals surface area (Å²) in [6.45, 7) is 4.04. The van der Waals surface area contributed by atoms with E-state index in [9.17, 15) is 10.1 Å². The fourth-order valence-electron chi connectivity index (χ4n) is 2.64. The molecule has 23 heavy (non-hydrogen) atoms. The van der Waals surface area contributed by atoms with Gasteiger partial charge in [-0.3, -0.25) is 9.89 Å². The van der Waals surface area contributed by atoms with E-state index < -0.39 is 0 Å². The molecular formula is C15H17N5OS2. The summed E-state index contributed by atoms with van der Waals surface area (Å²) in [7, 11) is 0. The van der Waals surface area contributed by atoms with Gasteiger partial charge in [-0.2, -0.15) is 5.26 Å². The molecule has 0 spiro atoms. The second-order valence-corrected chi connectivity index (χ2v) is 7.76. The number of hydrogen-bond donors (Lipinski definition) is 2. The van der Waals surface area contributed by atoms with Gasteiger partial charge < -0.3 is 5.32 Å². The number of aromatic nitrogens is 3. The zero-order valence-corrected chi connectivity index (χ0v) is 14.6. The normalized spacial score (nSPS) is 16.7. The number of aromatic amines is 1. The molecule has 0 radical (unpaired) electrons. The van der Waals surface area contributed by atoms with E-state index in [0.29, 0.717) is 21.6 Å². The Morgan fingerprint density at radius 1 is 1.61 bits per heavy atom. The number of carbonyl (C=O) groups is 1. The van der Waals surface area contributed by atoms with Crippen LogP contribution in [0.5, 0.6) is 0 Å². The molecule has 8 heteroatoms. The summed E-state index contributed by atoms with van der Waals surface area (Å²) in [5.74, 6) is 1.45. The minimum absolute atomic E-state index is 0.138. The fourth-order valence-corrected chi connectivity index (χ4v) is 4.66. The molecule has 2 heterocycles. The van der Waals surface area contributed by atoms with Crippen LogP contribution in [0.2, 0.25) is 0 Å². The van der Waals surface area contributed by atoms with Crippen LogP contribution in [-0.4, -0.2) is 26.8 Å². The Morgan fingerprint density at radius 3 is 3.13 bits per heavy atom. The van der Waals surface area contributed by atoms with Crippen molar-refractivity contribution in [3.63, 3.8) is 0 Å². The lowest BCUT2D eigenvalue weighted by atomic mass is 9.89. The van der Waals surface area contributed by atoms with Gasteiger partial charge in [-0.1, -0.05) is 18.7 Å². The molecular weight excluding hydrogens is 330 g/mol. The third-order valence-electron chi connectivity index (χ3n) is 3.79. The average Bonchev–Trinajstić information content (AvgIpc) is 3.07. The lowest BCUT2D eigenvalue weighted by Crippen LogP contribution is -2.14. The second-order valence-electron chi connectivity index (χ2n) is 5.71. The number of fused-ring (bicyclic) bond motifs is 1. The number of anilines is 1. The SMILES string of the molecule is Cc1nc(SCC(=O)Nc2sc3c(c2C#N)CCC(C)C3)n[nH]1. The number of amides is 1. The first-order valence-corrected chi connectivity index (χ1v) is 9.23. The third kappa shape index (κ3) is 3.57. The molecule has 2 aromatic heterocycles. The van der Waals surface area contributed by atoms with Crippen LogP contribution in [0.4, 0.5) is 5.00 Å². The summed E-state index contributed by atoms with van der Waals surface area (Å²) in [4.78, 5) is 17.5. The Kier molecular flexibility index (Phi) is 4.68. The number of nitriles is 1. The van der Waals surface area contributed by atoms with Gasteiger partial charge in [-0.25, -0.2) is 4.98 Å². The molecule has 0 saturated heterocycles. The van der Waals surface area contributed by atoms with Crippen LogP contribution in [-0.2, 0) is 17.6 Å². The maximum atomic E-state index is 12.1. The molecule has 0 saturated carbocycles. The van der Waals surface area contributed by atoms with E-state index in [2.05, 4.69) is 33.5 Å². The number of nitrogens with one attached hydrogen (secondary N) is 2. The standard InChI is InChI=1S/C15H17N5OS2/c1-8-3-4-10-11(6-16)14(23-12(10)5-8)18-13(21)7-22-15-17-9(2)19-20-15/h8H,3-5,7H2,1-2H3,(H,18,21)(H,17,19,20). The van der Waals surface area contributed by atoms with Crippen molar-refractivity contribution in [2.45, 2.75) is 38.3 Å². The third-order valence-corrected chi connectivity index (χ3v) is 5.80. The first-order valence-electron chi connectivity index (χ1n) is 7.43. The van der Waals surface area contributed by atoms with E-state index in [-0.39, 0.29) is 11.7 Å². The van der Waals surface area contributed by atoms with Crippen LogP contribution in [0, 0.1) is 24.2 Å². The Balaban J connectivity index is 1.67. The molecule has 0 aliphatic heterocycles. The molecule has 1 atom stereocenters. The van der Waals surface area contributed by atoms with Crippen molar-refractivity contribution < 1.29 is 4.79 Å². The molecule has 0 aromatic carbocycles. The smallest absolute Gasteiger partial charge is 0.235 e. The number of nitrogens with zero attached hydrogens (tertiary/aromatic N) is 3. The first-order chi connectivity index (χ1) is 11.1. The number of hydrogen-bond acceptors (Lipinski definition) is 6. The van der Waals surface area contributed by atoms with Crippen LogP contribution in [0.15, 0.2) is 5.16 Å². The van der Waals surface area contributed by atoms with Crippen LogP contribution in [0.25, 0.3) is 0 Å². The molecule has 1 amide bonds. The largest absolute Gasteiger partial charge is 0.316 e. The van der Waals surface area contributed by atoms with Gasteiger partial charge in [0.25, 0.3) is 0 Å². The van der Waals surface area contributed by atoms with Gasteiger partial charge in [0, 0.05) is 4.88 Å². The summed E-state index contributed by atoms with van der Waals surface area (Å²) in [5, 5.41) is 20.3. The number of aryl methyl sites for hydroxylation is 1. The van der Waals surface area contributed by atoms with Crippen LogP contribution in [0.3, 0.4) is 0 Å². The van der Waals surface area contributed by atoms with Gasteiger partial charge in [0.05, 0.1) is 11.3 Å². The molecule has 1 unspecified atom stereocenters. The Bertz CT molecular complexity index is 773. The highest BCUT2D eigenvalue weighted by Gasteiger charge is 2.24. The number of thiophene rings is 1. The van der Waals surface area contributed by atoms with E-state index >= 15 is 0 Å². The molecule has 0 bridgehead atoms. The molecule has 0 fully saturated rings. The Hall–Kier alpha value is -1.85. The van der Waals surface area contributed by atoms with Crippen molar-refractivity contribution in [2.24, 2.45) is 5.92 Å². The molecule has 120 valence electrons. The van der Waals surface area contributed by atoms with Gasteiger partial charge in [0.2, 0.25) is 11.1 Å². The first kappa shape index (κ1) is 16.0. The quantitative estimate of drug-likeness (QED) is 0.829. The van der Waals surface area contributed by atoms with Crippen molar-refractivity contribution >= 4 is 34.0 Å². The van der Waals surface area contributed by atoms with Crippen LogP contribution in [0.1, 0.15) is 35.2 Å². The predicted molar refractivity (Wildman–Crippen MR) is 90.7 cm³/mol. The van der Waals surface area contributed by atoms with E-state index in [1.54, 1.807) is 11.3 Å². The summed E-state index contributed by atoms with van der Waals surface area (Å²) in [6.07, 6.45) is 3.03. The summed E-state index contributed by atoms with van der Waals surface area (Å²) >= 11 is 2.82. The zero-order valence-electron chi connectivity index (χ0n) is 13.0. The molecule has 2 N–H and O–H groups in total. The van der Waals surface area contributed by atoms with Crippen molar-refractivity contribution in [1.29, 1.82) is 5.26 Å². The van der Waals surface area contributed by atoms with Gasteiger partial charge in [-0.15, -0.1) is 16.4 Å². The monoisotopic (exact) mass is 347 g/mol. The highest BCUT2D eigenvalue weighted by atomic mass is 32.2. The number of rotatable bonds is 4. The highest BCUT2D eigenvalue weighted by Crippen LogP contribution is 2.39. The Labute approximate surface area is 142 Å². The average molecular weight is 347 g/mol. The number of thioether (sulfide) groups is 1. The van der Waals surface area contributed by atoms with Crippen LogP contribution >= 0.6 is 23.1 Å². The summed E-state index contributed by atoms with van der Waals surface area (Å²) in [6, 6.07) is 2.26. The maximum Gasteiger partial charge on any atom is 0.235 e.